The van der Waals surface area contributed by atoms with E-state index in [4.69, 9.17) is 0 Å². The largest absolute Gasteiger partial charge is 0.429 e. The number of rotatable bonds is 4. The lowest BCUT2D eigenvalue weighted by Gasteiger charge is -2.15. The summed E-state index contributed by atoms with van der Waals surface area (Å²) in [6, 6.07) is 5.99. The quantitative estimate of drug-likeness (QED) is 0.596. The van der Waals surface area contributed by atoms with Crippen molar-refractivity contribution >= 4 is 12.3 Å². The predicted molar refractivity (Wildman–Crippen MR) is 53.8 cm³/mol. The van der Waals surface area contributed by atoms with Crippen molar-refractivity contribution < 1.29 is 19.4 Å². The summed E-state index contributed by atoms with van der Waals surface area (Å²) in [6.45, 7) is 3.16. The normalized spacial score (nSPS) is 10.9. The molecular formula is C11H12O4. The fourth-order valence-corrected chi connectivity index (χ4v) is 1.09. The molecule has 0 amide bonds. The van der Waals surface area contributed by atoms with E-state index in [1.54, 1.807) is 0 Å². The maximum absolute atomic E-state index is 11.6. The van der Waals surface area contributed by atoms with E-state index in [0.717, 1.165) is 0 Å². The summed E-state index contributed by atoms with van der Waals surface area (Å²) in [7, 11) is 0. The van der Waals surface area contributed by atoms with Gasteiger partial charge in [0.25, 0.3) is 6.47 Å². The number of carbonyl (C=O) groups excluding carboxylic acids is 2. The monoisotopic (exact) mass is 208 g/mol. The highest BCUT2D eigenvalue weighted by Crippen LogP contribution is 2.16. The van der Waals surface area contributed by atoms with E-state index in [1.807, 2.05) is 0 Å². The highest BCUT2D eigenvalue weighted by atomic mass is 16.5. The molecule has 0 unspecified atom stereocenters. The van der Waals surface area contributed by atoms with Crippen LogP contribution in [0.15, 0.2) is 24.3 Å². The van der Waals surface area contributed by atoms with Crippen LogP contribution in [0, 0.1) is 0 Å². The van der Waals surface area contributed by atoms with Crippen molar-refractivity contribution in [1.29, 1.82) is 0 Å². The molecule has 0 aliphatic heterocycles. The second kappa shape index (κ2) is 4.23. The van der Waals surface area contributed by atoms with Gasteiger partial charge in [-0.1, -0.05) is 0 Å². The molecule has 0 aromatic heterocycles. The van der Waals surface area contributed by atoms with E-state index in [2.05, 4.69) is 4.74 Å². The summed E-state index contributed by atoms with van der Waals surface area (Å²) in [4.78, 5) is 21.6. The molecule has 0 saturated heterocycles. The molecule has 15 heavy (non-hydrogen) atoms. The van der Waals surface area contributed by atoms with Gasteiger partial charge in [-0.25, -0.2) is 0 Å². The Labute approximate surface area is 87.5 Å². The van der Waals surface area contributed by atoms with Crippen LogP contribution in [0.1, 0.15) is 24.2 Å². The van der Waals surface area contributed by atoms with Crippen LogP contribution in [-0.2, 0) is 4.79 Å². The van der Waals surface area contributed by atoms with Crippen LogP contribution in [-0.4, -0.2) is 23.0 Å². The lowest BCUT2D eigenvalue weighted by atomic mass is 9.97. The molecule has 0 atom stereocenters. The summed E-state index contributed by atoms with van der Waals surface area (Å²) in [5.41, 5.74) is -1.02. The molecule has 1 aromatic rings. The molecule has 4 nitrogen and oxygen atoms in total. The smallest absolute Gasteiger partial charge is 0.298 e. The van der Waals surface area contributed by atoms with E-state index >= 15 is 0 Å². The Morgan fingerprint density at radius 3 is 2.27 bits per heavy atom. The number of hydrogen-bond donors (Lipinski definition) is 1. The molecule has 0 bridgehead atoms. The standard InChI is InChI=1S/C11H12O4/c1-11(2,14)10(13)8-3-5-9(6-4-8)15-7-12/h3-7,14H,1-2H3. The molecule has 1 aromatic carbocycles. The first kappa shape index (κ1) is 11.4. The molecule has 1 N–H and O–H groups in total. The van der Waals surface area contributed by atoms with Crippen LogP contribution in [0.5, 0.6) is 5.75 Å². The third-order valence-corrected chi connectivity index (χ3v) is 1.86. The minimum absolute atomic E-state index is 0.312. The van der Waals surface area contributed by atoms with E-state index in [1.165, 1.54) is 38.1 Å². The molecule has 0 saturated carbocycles. The lowest BCUT2D eigenvalue weighted by Crippen LogP contribution is -2.30. The van der Waals surface area contributed by atoms with Crippen molar-refractivity contribution in [2.24, 2.45) is 0 Å². The van der Waals surface area contributed by atoms with E-state index < -0.39 is 5.60 Å². The fourth-order valence-electron chi connectivity index (χ4n) is 1.09. The van der Waals surface area contributed by atoms with Gasteiger partial charge in [-0.05, 0) is 38.1 Å². The molecular weight excluding hydrogens is 196 g/mol. The van der Waals surface area contributed by atoms with Gasteiger partial charge in [-0.15, -0.1) is 0 Å². The number of benzene rings is 1. The number of Topliss-reactive ketones (excluding diaryl/α,β-unsaturated/α-hetero) is 1. The molecule has 0 heterocycles. The van der Waals surface area contributed by atoms with Gasteiger partial charge >= 0.3 is 0 Å². The first-order valence-electron chi connectivity index (χ1n) is 4.42. The highest BCUT2D eigenvalue weighted by Gasteiger charge is 2.24. The summed E-state index contributed by atoms with van der Waals surface area (Å²) < 4.78 is 4.57. The van der Waals surface area contributed by atoms with E-state index in [0.29, 0.717) is 17.8 Å². The van der Waals surface area contributed by atoms with Crippen LogP contribution in [0.4, 0.5) is 0 Å². The Morgan fingerprint density at radius 1 is 1.33 bits per heavy atom. The number of hydrogen-bond acceptors (Lipinski definition) is 4. The number of carbonyl (C=O) groups is 2. The van der Waals surface area contributed by atoms with Gasteiger partial charge in [0, 0.05) is 5.56 Å². The number of ether oxygens (including phenoxy) is 1. The first-order chi connectivity index (χ1) is 6.95. The Kier molecular flexibility index (Phi) is 3.21. The SMILES string of the molecule is CC(C)(O)C(=O)c1ccc(OC=O)cc1. The fraction of sp³-hybridized carbons (Fsp3) is 0.273. The number of aliphatic hydroxyl groups is 1. The summed E-state index contributed by atoms with van der Waals surface area (Å²) in [5.74, 6) is -0.0163. The van der Waals surface area contributed by atoms with E-state index in [-0.39, 0.29) is 5.78 Å². The third-order valence-electron chi connectivity index (χ3n) is 1.86. The second-order valence-electron chi connectivity index (χ2n) is 3.63. The summed E-state index contributed by atoms with van der Waals surface area (Å²) >= 11 is 0. The predicted octanol–water partition coefficient (Wildman–Crippen LogP) is 1.18. The minimum Gasteiger partial charge on any atom is -0.429 e. The van der Waals surface area contributed by atoms with Gasteiger partial charge in [0.15, 0.2) is 5.78 Å². The Balaban J connectivity index is 2.89. The topological polar surface area (TPSA) is 63.6 Å². The molecule has 0 aliphatic carbocycles. The van der Waals surface area contributed by atoms with E-state index in [9.17, 15) is 14.7 Å². The third kappa shape index (κ3) is 2.89. The van der Waals surface area contributed by atoms with Crippen molar-refractivity contribution in [2.75, 3.05) is 0 Å². The maximum Gasteiger partial charge on any atom is 0.298 e. The minimum atomic E-state index is -1.40. The molecule has 0 aliphatic rings. The molecule has 4 heteroatoms. The zero-order valence-electron chi connectivity index (χ0n) is 8.56. The molecule has 0 spiro atoms. The van der Waals surface area contributed by atoms with Gasteiger partial charge in [0.2, 0.25) is 0 Å². The second-order valence-corrected chi connectivity index (χ2v) is 3.63. The molecule has 80 valence electrons. The average Bonchev–Trinajstić information content (AvgIpc) is 2.17. The first-order valence-corrected chi connectivity index (χ1v) is 4.42. The Hall–Kier alpha value is -1.68. The van der Waals surface area contributed by atoms with Crippen LogP contribution < -0.4 is 4.74 Å². The van der Waals surface area contributed by atoms with Crippen molar-refractivity contribution in [2.45, 2.75) is 19.4 Å². The maximum atomic E-state index is 11.6. The Morgan fingerprint density at radius 2 is 1.87 bits per heavy atom. The molecule has 1 rings (SSSR count). The van der Waals surface area contributed by atoms with Crippen LogP contribution >= 0.6 is 0 Å². The van der Waals surface area contributed by atoms with Crippen LogP contribution in [0.2, 0.25) is 0 Å². The lowest BCUT2D eigenvalue weighted by molar-refractivity contribution is -0.120. The van der Waals surface area contributed by atoms with Gasteiger partial charge in [0.1, 0.15) is 11.4 Å². The van der Waals surface area contributed by atoms with Gasteiger partial charge in [-0.3, -0.25) is 9.59 Å². The van der Waals surface area contributed by atoms with Gasteiger partial charge < -0.3 is 9.84 Å². The van der Waals surface area contributed by atoms with Crippen LogP contribution in [0.3, 0.4) is 0 Å². The van der Waals surface area contributed by atoms with Crippen molar-refractivity contribution in [1.82, 2.24) is 0 Å². The Bertz CT molecular complexity index is 359. The van der Waals surface area contributed by atoms with Gasteiger partial charge in [0.05, 0.1) is 0 Å². The van der Waals surface area contributed by atoms with Crippen molar-refractivity contribution in [3.63, 3.8) is 0 Å². The van der Waals surface area contributed by atoms with Crippen LogP contribution in [0.25, 0.3) is 0 Å². The molecule has 0 radical (unpaired) electrons. The summed E-state index contributed by atoms with van der Waals surface area (Å²) in [5, 5.41) is 9.48. The van der Waals surface area contributed by atoms with Gasteiger partial charge in [-0.2, -0.15) is 0 Å². The van der Waals surface area contributed by atoms with Crippen molar-refractivity contribution in [3.8, 4) is 5.75 Å². The summed E-state index contributed by atoms with van der Waals surface area (Å²) in [6.07, 6.45) is 0. The molecule has 0 fully saturated rings. The van der Waals surface area contributed by atoms with Crippen molar-refractivity contribution in [3.05, 3.63) is 29.8 Å². The zero-order chi connectivity index (χ0) is 11.5. The highest BCUT2D eigenvalue weighted by molar-refractivity contribution is 6.01. The number of ketones is 1. The zero-order valence-corrected chi connectivity index (χ0v) is 8.56. The average molecular weight is 208 g/mol.